The number of fused-ring (bicyclic) bond motifs is 1. The standard InChI is InChI=1S/C17H18N2OS3/c1-4-20-12-9-10-13-16(11-12)21-17(18-13)23-22-15-8-6-5-7-14(15)19(2)3/h5-11H,4H2,1-3H3. The van der Waals surface area contributed by atoms with Crippen molar-refractivity contribution in [1.82, 2.24) is 4.98 Å². The van der Waals surface area contributed by atoms with E-state index >= 15 is 0 Å². The Hall–Kier alpha value is -1.37. The van der Waals surface area contributed by atoms with Crippen LogP contribution in [-0.4, -0.2) is 25.7 Å². The van der Waals surface area contributed by atoms with Gasteiger partial charge in [0.2, 0.25) is 0 Å². The molecule has 0 fully saturated rings. The Kier molecular flexibility index (Phi) is 5.35. The van der Waals surface area contributed by atoms with Crippen LogP contribution >= 0.6 is 32.9 Å². The molecule has 6 heteroatoms. The van der Waals surface area contributed by atoms with Crippen molar-refractivity contribution >= 4 is 48.8 Å². The molecule has 3 rings (SSSR count). The molecule has 3 aromatic rings. The quantitative estimate of drug-likeness (QED) is 0.535. The number of para-hydroxylation sites is 1. The number of rotatable bonds is 6. The van der Waals surface area contributed by atoms with Crippen molar-refractivity contribution in [2.75, 3.05) is 25.6 Å². The lowest BCUT2D eigenvalue weighted by Crippen LogP contribution is -2.09. The molecule has 23 heavy (non-hydrogen) atoms. The van der Waals surface area contributed by atoms with E-state index in [4.69, 9.17) is 9.72 Å². The second-order valence-corrected chi connectivity index (χ2v) is 8.52. The lowest BCUT2D eigenvalue weighted by Gasteiger charge is -2.15. The topological polar surface area (TPSA) is 25.4 Å². The molecule has 0 aliphatic carbocycles. The fourth-order valence-corrected chi connectivity index (χ4v) is 5.68. The SMILES string of the molecule is CCOc1ccc2nc(SSc3ccccc3N(C)C)sc2c1. The number of aromatic nitrogens is 1. The van der Waals surface area contributed by atoms with Crippen LogP contribution in [0.3, 0.4) is 0 Å². The van der Waals surface area contributed by atoms with Gasteiger partial charge in [-0.25, -0.2) is 4.98 Å². The van der Waals surface area contributed by atoms with Crippen LogP contribution in [0.1, 0.15) is 6.92 Å². The molecule has 0 amide bonds. The summed E-state index contributed by atoms with van der Waals surface area (Å²) < 4.78 is 7.78. The van der Waals surface area contributed by atoms with Gasteiger partial charge in [-0.05, 0) is 58.8 Å². The molecule has 0 saturated carbocycles. The van der Waals surface area contributed by atoms with Crippen molar-refractivity contribution in [3.8, 4) is 5.75 Å². The highest BCUT2D eigenvalue weighted by molar-refractivity contribution is 8.77. The third-order valence-corrected chi connectivity index (χ3v) is 6.93. The van der Waals surface area contributed by atoms with Crippen molar-refractivity contribution in [1.29, 1.82) is 0 Å². The molecular formula is C17H18N2OS3. The van der Waals surface area contributed by atoms with E-state index in [1.165, 1.54) is 15.3 Å². The molecule has 0 bridgehead atoms. The Bertz CT molecular complexity index is 801. The predicted octanol–water partition coefficient (Wildman–Crippen LogP) is 5.56. The lowest BCUT2D eigenvalue weighted by atomic mass is 10.3. The highest BCUT2D eigenvalue weighted by Gasteiger charge is 2.09. The summed E-state index contributed by atoms with van der Waals surface area (Å²) in [6.45, 7) is 2.68. The first-order valence-electron chi connectivity index (χ1n) is 7.31. The van der Waals surface area contributed by atoms with Gasteiger partial charge in [0.05, 0.1) is 22.5 Å². The first kappa shape index (κ1) is 16.5. The van der Waals surface area contributed by atoms with E-state index in [1.807, 2.05) is 19.1 Å². The predicted molar refractivity (Wildman–Crippen MR) is 103 cm³/mol. The number of benzene rings is 2. The molecule has 1 aromatic heterocycles. The molecule has 1 heterocycles. The van der Waals surface area contributed by atoms with Crippen LogP contribution in [-0.2, 0) is 0 Å². The van der Waals surface area contributed by atoms with Gasteiger partial charge < -0.3 is 9.64 Å². The fourth-order valence-electron chi connectivity index (χ4n) is 2.15. The molecule has 0 unspecified atom stereocenters. The lowest BCUT2D eigenvalue weighted by molar-refractivity contribution is 0.341. The van der Waals surface area contributed by atoms with E-state index in [9.17, 15) is 0 Å². The summed E-state index contributed by atoms with van der Waals surface area (Å²) in [6, 6.07) is 14.5. The molecule has 0 aliphatic rings. The van der Waals surface area contributed by atoms with E-state index in [0.717, 1.165) is 15.6 Å². The average molecular weight is 363 g/mol. The Morgan fingerprint density at radius 2 is 1.96 bits per heavy atom. The summed E-state index contributed by atoms with van der Waals surface area (Å²) in [7, 11) is 7.59. The molecule has 0 radical (unpaired) electrons. The Labute approximate surface area is 148 Å². The molecule has 0 aliphatic heterocycles. The Morgan fingerprint density at radius 3 is 2.74 bits per heavy atom. The summed E-state index contributed by atoms with van der Waals surface area (Å²) in [5.74, 6) is 0.908. The van der Waals surface area contributed by atoms with E-state index in [2.05, 4.69) is 49.3 Å². The third kappa shape index (κ3) is 3.94. The summed E-state index contributed by atoms with van der Waals surface area (Å²) >= 11 is 1.71. The summed E-state index contributed by atoms with van der Waals surface area (Å²) in [4.78, 5) is 8.08. The number of anilines is 1. The number of thiazole rings is 1. The highest BCUT2D eigenvalue weighted by atomic mass is 33.1. The smallest absolute Gasteiger partial charge is 0.162 e. The second-order valence-electron chi connectivity index (χ2n) is 5.07. The van der Waals surface area contributed by atoms with Crippen molar-refractivity contribution in [3.05, 3.63) is 42.5 Å². The van der Waals surface area contributed by atoms with E-state index < -0.39 is 0 Å². The molecular weight excluding hydrogens is 344 g/mol. The largest absolute Gasteiger partial charge is 0.494 e. The molecule has 0 atom stereocenters. The zero-order valence-corrected chi connectivity index (χ0v) is 15.7. The van der Waals surface area contributed by atoms with Crippen LogP contribution in [0.5, 0.6) is 5.75 Å². The zero-order valence-electron chi connectivity index (χ0n) is 13.3. The van der Waals surface area contributed by atoms with Crippen LogP contribution in [0.2, 0.25) is 0 Å². The fraction of sp³-hybridized carbons (Fsp3) is 0.235. The Morgan fingerprint density at radius 1 is 1.13 bits per heavy atom. The number of nitrogens with zero attached hydrogens (tertiary/aromatic N) is 2. The number of hydrogen-bond donors (Lipinski definition) is 0. The van der Waals surface area contributed by atoms with Gasteiger partial charge in [-0.2, -0.15) is 0 Å². The average Bonchev–Trinajstić information content (AvgIpc) is 2.95. The van der Waals surface area contributed by atoms with Crippen molar-refractivity contribution in [3.63, 3.8) is 0 Å². The highest BCUT2D eigenvalue weighted by Crippen LogP contribution is 2.44. The minimum absolute atomic E-state index is 0.684. The molecule has 0 N–H and O–H groups in total. The van der Waals surface area contributed by atoms with Crippen LogP contribution in [0.4, 0.5) is 5.69 Å². The molecule has 120 valence electrons. The summed E-state index contributed by atoms with van der Waals surface area (Å²) in [6.07, 6.45) is 0. The molecule has 0 saturated heterocycles. The van der Waals surface area contributed by atoms with Crippen molar-refractivity contribution in [2.45, 2.75) is 16.2 Å². The first-order chi connectivity index (χ1) is 11.2. The van der Waals surface area contributed by atoms with Crippen molar-refractivity contribution in [2.24, 2.45) is 0 Å². The third-order valence-electron chi connectivity index (χ3n) is 3.20. The van der Waals surface area contributed by atoms with Crippen LogP contribution in [0.25, 0.3) is 10.2 Å². The van der Waals surface area contributed by atoms with Crippen LogP contribution in [0, 0.1) is 0 Å². The molecule has 0 spiro atoms. The second kappa shape index (κ2) is 7.47. The van der Waals surface area contributed by atoms with E-state index in [0.29, 0.717) is 6.61 Å². The summed E-state index contributed by atoms with van der Waals surface area (Å²) in [5, 5.41) is 0. The van der Waals surface area contributed by atoms with Crippen molar-refractivity contribution < 1.29 is 4.74 Å². The minimum atomic E-state index is 0.684. The van der Waals surface area contributed by atoms with E-state index in [-0.39, 0.29) is 0 Å². The number of hydrogen-bond acceptors (Lipinski definition) is 6. The van der Waals surface area contributed by atoms with Gasteiger partial charge in [0.1, 0.15) is 5.75 Å². The van der Waals surface area contributed by atoms with E-state index in [1.54, 1.807) is 32.9 Å². The van der Waals surface area contributed by atoms with Gasteiger partial charge in [-0.15, -0.1) is 11.3 Å². The molecule has 3 nitrogen and oxygen atoms in total. The van der Waals surface area contributed by atoms with Gasteiger partial charge in [-0.1, -0.05) is 12.1 Å². The van der Waals surface area contributed by atoms with Gasteiger partial charge in [0.15, 0.2) is 4.34 Å². The van der Waals surface area contributed by atoms with Gasteiger partial charge in [0.25, 0.3) is 0 Å². The minimum Gasteiger partial charge on any atom is -0.494 e. The van der Waals surface area contributed by atoms with Crippen LogP contribution < -0.4 is 9.64 Å². The normalized spacial score (nSPS) is 10.9. The first-order valence-corrected chi connectivity index (χ1v) is 10.3. The number of ether oxygens (including phenoxy) is 1. The maximum atomic E-state index is 5.56. The zero-order chi connectivity index (χ0) is 16.2. The monoisotopic (exact) mass is 362 g/mol. The van der Waals surface area contributed by atoms with Gasteiger partial charge >= 0.3 is 0 Å². The summed E-state index contributed by atoms with van der Waals surface area (Å²) in [5.41, 5.74) is 2.26. The Balaban J connectivity index is 1.77. The van der Waals surface area contributed by atoms with Crippen LogP contribution in [0.15, 0.2) is 51.7 Å². The van der Waals surface area contributed by atoms with Gasteiger partial charge in [0, 0.05) is 19.0 Å². The maximum absolute atomic E-state index is 5.56. The maximum Gasteiger partial charge on any atom is 0.162 e. The van der Waals surface area contributed by atoms with Gasteiger partial charge in [-0.3, -0.25) is 0 Å². The molecule has 2 aromatic carbocycles.